The molecule has 0 spiro atoms. The summed E-state index contributed by atoms with van der Waals surface area (Å²) in [5, 5.41) is 0. The summed E-state index contributed by atoms with van der Waals surface area (Å²) < 4.78 is 31.6. The Morgan fingerprint density at radius 1 is 1.58 bits per heavy atom. The number of aromatic nitrogens is 1. The zero-order valence-electron chi connectivity index (χ0n) is 6.64. The Bertz CT molecular complexity index is 372. The molecule has 0 aliphatic carbocycles. The van der Waals surface area contributed by atoms with Crippen molar-refractivity contribution in [3.05, 3.63) is 24.5 Å². The highest BCUT2D eigenvalue weighted by Gasteiger charge is 2.12. The lowest BCUT2D eigenvalue weighted by atomic mass is 10.5. The first-order chi connectivity index (χ1) is 5.54. The number of pyridine rings is 1. The molecule has 4 nitrogen and oxygen atoms in total. The first-order valence-electron chi connectivity index (χ1n) is 3.50. The molecule has 0 fully saturated rings. The second kappa shape index (κ2) is 3.20. The van der Waals surface area contributed by atoms with Gasteiger partial charge in [0, 0.05) is 6.07 Å². The van der Waals surface area contributed by atoms with Crippen molar-refractivity contribution in [2.24, 2.45) is 0 Å². The number of nitrogens with zero attached hydrogens (tertiary/aromatic N) is 1. The molecule has 12 heavy (non-hydrogen) atoms. The molecule has 0 saturated heterocycles. The molecule has 0 bridgehead atoms. The number of hydrogen-bond acceptors (Lipinski definition) is 2. The van der Waals surface area contributed by atoms with Crippen molar-refractivity contribution in [2.75, 3.05) is 0 Å². The average Bonchev–Trinajstić information content (AvgIpc) is 2.03. The molecule has 0 aliphatic heterocycles. The fraction of sp³-hybridized carbons (Fsp3) is 0.286. The Balaban J connectivity index is 3.20. The zero-order valence-corrected chi connectivity index (χ0v) is 7.45. The summed E-state index contributed by atoms with van der Waals surface area (Å²) >= 11 is 0. The molecule has 0 aliphatic rings. The van der Waals surface area contributed by atoms with Gasteiger partial charge < -0.3 is 0 Å². The van der Waals surface area contributed by atoms with Crippen molar-refractivity contribution in [2.45, 2.75) is 18.4 Å². The number of aryl methyl sites for hydroxylation is 1. The molecule has 1 rings (SSSR count). The van der Waals surface area contributed by atoms with E-state index in [2.05, 4.69) is 0 Å². The summed E-state index contributed by atoms with van der Waals surface area (Å²) in [4.78, 5) is -0.0770. The van der Waals surface area contributed by atoms with Crippen molar-refractivity contribution in [1.82, 2.24) is 0 Å². The van der Waals surface area contributed by atoms with E-state index in [0.29, 0.717) is 6.54 Å². The van der Waals surface area contributed by atoms with Crippen molar-refractivity contribution in [1.29, 1.82) is 0 Å². The van der Waals surface area contributed by atoms with Gasteiger partial charge in [-0.05, 0) is 13.0 Å². The highest BCUT2D eigenvalue weighted by atomic mass is 32.2. The van der Waals surface area contributed by atoms with Gasteiger partial charge in [0.2, 0.25) is 0 Å². The second-order valence-corrected chi connectivity index (χ2v) is 3.77. The van der Waals surface area contributed by atoms with Crippen LogP contribution in [-0.4, -0.2) is 13.0 Å². The molecule has 1 heterocycles. The molecule has 1 aromatic rings. The first kappa shape index (κ1) is 9.15. The molecule has 0 amide bonds. The maximum absolute atomic E-state index is 10.6. The molecule has 1 N–H and O–H groups in total. The molecule has 0 aromatic carbocycles. The van der Waals surface area contributed by atoms with E-state index < -0.39 is 10.1 Å². The van der Waals surface area contributed by atoms with Crippen LogP contribution < -0.4 is 4.57 Å². The van der Waals surface area contributed by atoms with Gasteiger partial charge >= 0.3 is 0 Å². The summed E-state index contributed by atoms with van der Waals surface area (Å²) in [5.74, 6) is 0. The van der Waals surface area contributed by atoms with Gasteiger partial charge in [-0.25, -0.2) is 4.57 Å². The van der Waals surface area contributed by atoms with Crippen LogP contribution in [-0.2, 0) is 16.7 Å². The van der Waals surface area contributed by atoms with Crippen LogP contribution in [0.25, 0.3) is 0 Å². The van der Waals surface area contributed by atoms with Crippen LogP contribution in [0.2, 0.25) is 0 Å². The molecule has 0 unspecified atom stereocenters. The van der Waals surface area contributed by atoms with Crippen molar-refractivity contribution in [3.63, 3.8) is 0 Å². The topological polar surface area (TPSA) is 58.2 Å². The molecular formula is C7H10NO3S+. The minimum absolute atomic E-state index is 0.0770. The fourth-order valence-corrected chi connectivity index (χ4v) is 1.37. The molecule has 66 valence electrons. The molecule has 0 saturated carbocycles. The normalized spacial score (nSPS) is 11.5. The van der Waals surface area contributed by atoms with E-state index in [1.165, 1.54) is 12.3 Å². The second-order valence-electron chi connectivity index (χ2n) is 2.35. The smallest absolute Gasteiger partial charge is 0.282 e. The molecule has 0 radical (unpaired) electrons. The van der Waals surface area contributed by atoms with Gasteiger partial charge in [-0.1, -0.05) is 0 Å². The van der Waals surface area contributed by atoms with Gasteiger partial charge in [-0.15, -0.1) is 0 Å². The Hall–Kier alpha value is -0.940. The highest BCUT2D eigenvalue weighted by molar-refractivity contribution is 7.85. The summed E-state index contributed by atoms with van der Waals surface area (Å²) in [5.41, 5.74) is 0. The van der Waals surface area contributed by atoms with E-state index in [1.54, 1.807) is 16.8 Å². The minimum Gasteiger partial charge on any atom is -0.282 e. The quantitative estimate of drug-likeness (QED) is 0.534. The molecule has 0 atom stereocenters. The van der Waals surface area contributed by atoms with Crippen LogP contribution in [0.1, 0.15) is 6.92 Å². The summed E-state index contributed by atoms with van der Waals surface area (Å²) in [6.45, 7) is 2.55. The Morgan fingerprint density at radius 2 is 2.25 bits per heavy atom. The third kappa shape index (κ3) is 2.02. The van der Waals surface area contributed by atoms with Gasteiger partial charge in [0.25, 0.3) is 10.1 Å². The van der Waals surface area contributed by atoms with Crippen LogP contribution in [0.4, 0.5) is 0 Å². The molecular weight excluding hydrogens is 178 g/mol. The average molecular weight is 188 g/mol. The maximum Gasteiger partial charge on any atom is 0.300 e. The van der Waals surface area contributed by atoms with Crippen molar-refractivity contribution in [3.8, 4) is 0 Å². The van der Waals surface area contributed by atoms with Crippen LogP contribution in [0.5, 0.6) is 0 Å². The van der Waals surface area contributed by atoms with E-state index in [9.17, 15) is 8.42 Å². The molecule has 5 heteroatoms. The summed E-state index contributed by atoms with van der Waals surface area (Å²) in [6, 6.07) is 2.92. The first-order valence-corrected chi connectivity index (χ1v) is 4.94. The standard InChI is InChI=1S/C7H9NO3S/c1-2-8-5-3-4-7(6-8)12(9,10)11/h3-6H,2H2,1H3/p+1. The summed E-state index contributed by atoms with van der Waals surface area (Å²) in [6.07, 6.45) is 3.12. The van der Waals surface area contributed by atoms with E-state index >= 15 is 0 Å². The predicted octanol–water partition coefficient (Wildman–Crippen LogP) is 0.241. The lowest BCUT2D eigenvalue weighted by Crippen LogP contribution is -2.31. The van der Waals surface area contributed by atoms with Crippen LogP contribution >= 0.6 is 0 Å². The lowest BCUT2D eigenvalue weighted by molar-refractivity contribution is -0.695. The van der Waals surface area contributed by atoms with E-state index in [4.69, 9.17) is 4.55 Å². The van der Waals surface area contributed by atoms with E-state index in [0.717, 1.165) is 0 Å². The van der Waals surface area contributed by atoms with Crippen LogP contribution in [0.15, 0.2) is 29.4 Å². The SMILES string of the molecule is CC[n+]1cccc(S(=O)(=O)O)c1. The van der Waals surface area contributed by atoms with Gasteiger partial charge in [-0.3, -0.25) is 4.55 Å². The third-order valence-corrected chi connectivity index (χ3v) is 2.33. The maximum atomic E-state index is 10.6. The largest absolute Gasteiger partial charge is 0.300 e. The van der Waals surface area contributed by atoms with Crippen LogP contribution in [0, 0.1) is 0 Å². The third-order valence-electron chi connectivity index (χ3n) is 1.49. The number of hydrogen-bond donors (Lipinski definition) is 1. The monoisotopic (exact) mass is 188 g/mol. The predicted molar refractivity (Wildman–Crippen MR) is 42.1 cm³/mol. The number of rotatable bonds is 2. The van der Waals surface area contributed by atoms with Gasteiger partial charge in [0.15, 0.2) is 17.3 Å². The molecule has 1 aromatic heterocycles. The minimum atomic E-state index is -4.06. The Labute approximate surface area is 71.2 Å². The van der Waals surface area contributed by atoms with Crippen LogP contribution in [0.3, 0.4) is 0 Å². The van der Waals surface area contributed by atoms with Gasteiger partial charge in [0.05, 0.1) is 0 Å². The highest BCUT2D eigenvalue weighted by Crippen LogP contribution is 2.02. The van der Waals surface area contributed by atoms with Crippen molar-refractivity contribution >= 4 is 10.1 Å². The van der Waals surface area contributed by atoms with Crippen molar-refractivity contribution < 1.29 is 17.5 Å². The Kier molecular flexibility index (Phi) is 2.44. The fourth-order valence-electron chi connectivity index (χ4n) is 0.847. The summed E-state index contributed by atoms with van der Waals surface area (Å²) in [7, 11) is -4.06. The van der Waals surface area contributed by atoms with Gasteiger partial charge in [0.1, 0.15) is 6.54 Å². The zero-order chi connectivity index (χ0) is 9.19. The van der Waals surface area contributed by atoms with E-state index in [-0.39, 0.29) is 4.90 Å². The lowest BCUT2D eigenvalue weighted by Gasteiger charge is -1.94. The van der Waals surface area contributed by atoms with E-state index in [1.807, 2.05) is 6.92 Å². The Morgan fingerprint density at radius 3 is 2.75 bits per heavy atom. The van der Waals surface area contributed by atoms with Gasteiger partial charge in [-0.2, -0.15) is 8.42 Å².